The van der Waals surface area contributed by atoms with Crippen LogP contribution in [0.5, 0.6) is 0 Å². The second-order valence-corrected chi connectivity index (χ2v) is 1.64. The maximum Gasteiger partial charge on any atom is 3.00 e. The summed E-state index contributed by atoms with van der Waals surface area (Å²) in [6.45, 7) is 0. The first-order chi connectivity index (χ1) is 8.49. The van der Waals surface area contributed by atoms with Crippen LogP contribution in [0.2, 0.25) is 0 Å². The third-order valence-electron chi connectivity index (χ3n) is 0. The van der Waals surface area contributed by atoms with E-state index >= 15 is 0 Å². The van der Waals surface area contributed by atoms with Gasteiger partial charge in [0.15, 0.2) is 0 Å². The molecule has 0 aliphatic rings. The molecule has 0 saturated carbocycles. The van der Waals surface area contributed by atoms with Crippen molar-refractivity contribution in [3.05, 3.63) is 0 Å². The average molecular weight is 516 g/mol. The van der Waals surface area contributed by atoms with Gasteiger partial charge in [-0.05, 0) is 0 Å². The van der Waals surface area contributed by atoms with Crippen LogP contribution < -0.4 is 0 Å². The Hall–Kier alpha value is -0.493. The van der Waals surface area contributed by atoms with E-state index in [2.05, 4.69) is 75.8 Å². The molecular formula is C6ErN6S6-3. The summed E-state index contributed by atoms with van der Waals surface area (Å²) in [4.78, 5) is 0. The predicted molar refractivity (Wildman–Crippen MR) is 77.9 cm³/mol. The van der Waals surface area contributed by atoms with Crippen LogP contribution in [0.1, 0.15) is 0 Å². The zero-order valence-electron chi connectivity index (χ0n) is 8.42. The second-order valence-electron chi connectivity index (χ2n) is 0.548. The van der Waals surface area contributed by atoms with Crippen LogP contribution in [0.15, 0.2) is 0 Å². The van der Waals surface area contributed by atoms with Crippen molar-refractivity contribution < 1.29 is 37.3 Å². The molecule has 6 nitrogen and oxygen atoms in total. The van der Waals surface area contributed by atoms with E-state index in [-0.39, 0.29) is 37.3 Å². The van der Waals surface area contributed by atoms with E-state index in [0.717, 1.165) is 0 Å². The van der Waals surface area contributed by atoms with E-state index in [1.165, 1.54) is 32.4 Å². The second kappa shape index (κ2) is 157. The zero-order chi connectivity index (χ0) is 16.2. The van der Waals surface area contributed by atoms with Crippen molar-refractivity contribution >= 4 is 75.8 Å². The smallest absolute Gasteiger partial charge is 0.696 e. The van der Waals surface area contributed by atoms with Crippen LogP contribution in [0.3, 0.4) is 0 Å². The minimum atomic E-state index is 0. The Balaban J connectivity index is -0.0000000180. The minimum Gasteiger partial charge on any atom is -0.696 e. The summed E-state index contributed by atoms with van der Waals surface area (Å²) in [7, 11) is 0. The van der Waals surface area contributed by atoms with Crippen molar-refractivity contribution in [2.45, 2.75) is 0 Å². The molecule has 1 radical (unpaired) electrons. The predicted octanol–water partition coefficient (Wildman–Crippen LogP) is 0.0863. The van der Waals surface area contributed by atoms with Gasteiger partial charge in [-0.2, -0.15) is 0 Å². The van der Waals surface area contributed by atoms with Crippen molar-refractivity contribution in [3.63, 3.8) is 0 Å². The van der Waals surface area contributed by atoms with Gasteiger partial charge < -0.3 is 75.8 Å². The van der Waals surface area contributed by atoms with Gasteiger partial charge in [0.25, 0.3) is 0 Å². The van der Waals surface area contributed by atoms with Crippen LogP contribution in [0.4, 0.5) is 0 Å². The van der Waals surface area contributed by atoms with Gasteiger partial charge >= 0.3 is 37.3 Å². The number of hydrogen-bond donors (Lipinski definition) is 0. The van der Waals surface area contributed by atoms with E-state index in [1.807, 2.05) is 0 Å². The molecular weight excluding hydrogens is 516 g/mol. The summed E-state index contributed by atoms with van der Waals surface area (Å²) in [5.74, 6) is 0. The Labute approximate surface area is 175 Å². The summed E-state index contributed by atoms with van der Waals surface area (Å²) < 4.78 is 0. The van der Waals surface area contributed by atoms with Gasteiger partial charge in [0, 0.05) is 0 Å². The summed E-state index contributed by atoms with van der Waals surface area (Å²) in [6.07, 6.45) is 0. The summed E-state index contributed by atoms with van der Waals surface area (Å²) in [5, 5.41) is 50.8. The van der Waals surface area contributed by atoms with Crippen molar-refractivity contribution in [1.82, 2.24) is 0 Å². The Morgan fingerprint density at radius 2 is 0.368 bits per heavy atom. The largest absolute Gasteiger partial charge is 3.00 e. The molecule has 105 valence electrons. The van der Waals surface area contributed by atoms with Gasteiger partial charge in [-0.1, -0.05) is 32.4 Å². The summed E-state index contributed by atoms with van der Waals surface area (Å²) >= 11 is 22.2. The molecule has 0 aromatic rings. The maximum atomic E-state index is 7.13. The topological polar surface area (TPSA) is 143 Å². The molecule has 0 aliphatic heterocycles. The number of hydrogen-bond acceptors (Lipinski definition) is 12. The van der Waals surface area contributed by atoms with E-state index in [4.69, 9.17) is 31.6 Å². The zero-order valence-corrected chi connectivity index (χ0v) is 15.2. The fraction of sp³-hybridized carbons (Fsp3) is 0. The third-order valence-corrected chi connectivity index (χ3v) is 0. The van der Waals surface area contributed by atoms with Gasteiger partial charge in [0.1, 0.15) is 0 Å². The average Bonchev–Trinajstić information content (AvgIpc) is 2.23. The molecule has 0 saturated heterocycles. The Morgan fingerprint density at radius 3 is 0.368 bits per heavy atom. The molecule has 0 aliphatic carbocycles. The van der Waals surface area contributed by atoms with Crippen molar-refractivity contribution in [2.75, 3.05) is 0 Å². The molecule has 0 atom stereocenters. The SMILES string of the molecule is N#C[S-].N#C[S-].N#C[S-].N#C[S-].N#C[S-].N#C[S-].[Er+3]. The summed E-state index contributed by atoms with van der Waals surface area (Å²) in [5.41, 5.74) is 0. The van der Waals surface area contributed by atoms with Crippen molar-refractivity contribution in [1.29, 1.82) is 31.6 Å². The maximum absolute atomic E-state index is 7.13. The molecule has 0 fully saturated rings. The van der Waals surface area contributed by atoms with Gasteiger partial charge in [0.2, 0.25) is 0 Å². The first-order valence-electron chi connectivity index (χ1n) is 2.57. The monoisotopic (exact) mass is 514 g/mol. The molecule has 0 aromatic heterocycles. The number of nitrogens with zero attached hydrogens (tertiary/aromatic N) is 6. The third kappa shape index (κ3) is 17300. The van der Waals surface area contributed by atoms with E-state index in [9.17, 15) is 0 Å². The minimum absolute atomic E-state index is 0. The van der Waals surface area contributed by atoms with E-state index in [1.54, 1.807) is 0 Å². The molecule has 0 heterocycles. The molecule has 19 heavy (non-hydrogen) atoms. The number of nitriles is 6. The molecule has 0 spiro atoms. The fourth-order valence-corrected chi connectivity index (χ4v) is 0. The standard InChI is InChI=1S/6CHNS.Er/c6*2-1-3;/h6*3H;/q;;;;;;+3/p-6. The van der Waals surface area contributed by atoms with E-state index < -0.39 is 0 Å². The molecule has 0 N–H and O–H groups in total. The van der Waals surface area contributed by atoms with Crippen LogP contribution in [0.25, 0.3) is 0 Å². The number of rotatable bonds is 0. The Morgan fingerprint density at radius 1 is 0.368 bits per heavy atom. The van der Waals surface area contributed by atoms with Crippen LogP contribution in [-0.4, -0.2) is 0 Å². The van der Waals surface area contributed by atoms with Crippen LogP contribution in [0, 0.1) is 101 Å². The Kier molecular flexibility index (Phi) is 355. The van der Waals surface area contributed by atoms with Gasteiger partial charge in [-0.15, -0.1) is 0 Å². The quantitative estimate of drug-likeness (QED) is 0.318. The van der Waals surface area contributed by atoms with Gasteiger partial charge in [-0.25, -0.2) is 31.6 Å². The van der Waals surface area contributed by atoms with Crippen LogP contribution >= 0.6 is 0 Å². The normalized spacial score (nSPS) is 2.21. The molecule has 0 rings (SSSR count). The molecule has 0 bridgehead atoms. The van der Waals surface area contributed by atoms with E-state index in [0.29, 0.717) is 0 Å². The Bertz CT molecular complexity index is 256. The molecule has 0 amide bonds. The van der Waals surface area contributed by atoms with Crippen LogP contribution in [-0.2, 0) is 75.8 Å². The van der Waals surface area contributed by atoms with Gasteiger partial charge in [0.05, 0.1) is 0 Å². The van der Waals surface area contributed by atoms with Crippen molar-refractivity contribution in [2.24, 2.45) is 0 Å². The first kappa shape index (κ1) is 42.8. The molecule has 13 heteroatoms. The molecule has 0 aromatic carbocycles. The fourth-order valence-electron chi connectivity index (χ4n) is 0. The number of thiocyanates is 6. The van der Waals surface area contributed by atoms with Gasteiger partial charge in [-0.3, -0.25) is 0 Å². The summed E-state index contributed by atoms with van der Waals surface area (Å²) in [6, 6.07) is 0. The molecule has 0 unspecified atom stereocenters. The van der Waals surface area contributed by atoms with Crippen molar-refractivity contribution in [3.8, 4) is 32.4 Å². The first-order valence-corrected chi connectivity index (χ1v) is 5.02.